The number of carbonyl (C=O) groups excluding carboxylic acids is 2. The maximum atomic E-state index is 11.5. The fourth-order valence-electron chi connectivity index (χ4n) is 1.25. The summed E-state index contributed by atoms with van der Waals surface area (Å²) in [4.78, 5) is 22.7. The molecule has 19 heavy (non-hydrogen) atoms. The zero-order valence-electron chi connectivity index (χ0n) is 11.2. The molecular formula is C12H17N3O3S. The van der Waals surface area contributed by atoms with Crippen LogP contribution in [0.1, 0.15) is 24.3 Å². The Kier molecular flexibility index (Phi) is 6.27. The number of rotatable bonds is 6. The molecule has 0 aromatic carbocycles. The molecule has 104 valence electrons. The number of hydrogen-bond acceptors (Lipinski definition) is 6. The van der Waals surface area contributed by atoms with Crippen LogP contribution in [-0.4, -0.2) is 41.5 Å². The van der Waals surface area contributed by atoms with E-state index in [-0.39, 0.29) is 23.5 Å². The van der Waals surface area contributed by atoms with E-state index in [2.05, 4.69) is 20.3 Å². The molecule has 0 spiro atoms. The van der Waals surface area contributed by atoms with Crippen molar-refractivity contribution in [1.82, 2.24) is 15.5 Å². The second kappa shape index (κ2) is 7.73. The van der Waals surface area contributed by atoms with Crippen LogP contribution in [0.15, 0.2) is 17.2 Å². The average molecular weight is 283 g/mol. The van der Waals surface area contributed by atoms with Crippen molar-refractivity contribution in [2.24, 2.45) is 5.92 Å². The molecular weight excluding hydrogens is 266 g/mol. The summed E-state index contributed by atoms with van der Waals surface area (Å²) in [5.41, 5.74) is 0.284. The first-order chi connectivity index (χ1) is 9.08. The molecule has 1 heterocycles. The fourth-order valence-corrected chi connectivity index (χ4v) is 2.07. The Morgan fingerprint density at radius 2 is 2.16 bits per heavy atom. The molecule has 0 bridgehead atoms. The van der Waals surface area contributed by atoms with E-state index in [1.54, 1.807) is 19.1 Å². The number of aromatic nitrogens is 2. The van der Waals surface area contributed by atoms with Crippen molar-refractivity contribution in [3.05, 3.63) is 17.8 Å². The Balaban J connectivity index is 2.53. The summed E-state index contributed by atoms with van der Waals surface area (Å²) in [5.74, 6) is -0.143. The van der Waals surface area contributed by atoms with Gasteiger partial charge in [-0.15, -0.1) is 22.0 Å². The van der Waals surface area contributed by atoms with Gasteiger partial charge in [0.25, 0.3) is 5.91 Å². The molecule has 0 aliphatic rings. The van der Waals surface area contributed by atoms with Crippen LogP contribution in [0, 0.1) is 5.92 Å². The molecule has 1 amide bonds. The molecule has 0 aliphatic carbocycles. The lowest BCUT2D eigenvalue weighted by atomic mass is 10.2. The predicted molar refractivity (Wildman–Crippen MR) is 71.9 cm³/mol. The third-order valence-electron chi connectivity index (χ3n) is 2.29. The van der Waals surface area contributed by atoms with Crippen molar-refractivity contribution in [1.29, 1.82) is 0 Å². The van der Waals surface area contributed by atoms with Gasteiger partial charge < -0.3 is 10.1 Å². The third kappa shape index (κ3) is 4.86. The van der Waals surface area contributed by atoms with E-state index >= 15 is 0 Å². The predicted octanol–water partition coefficient (Wildman–Crippen LogP) is 1.13. The second-order valence-corrected chi connectivity index (χ2v) is 4.89. The van der Waals surface area contributed by atoms with Crippen LogP contribution in [0.25, 0.3) is 0 Å². The molecule has 0 saturated heterocycles. The van der Waals surface area contributed by atoms with Gasteiger partial charge in [0.2, 0.25) is 0 Å². The third-order valence-corrected chi connectivity index (χ3v) is 3.47. The normalized spacial score (nSPS) is 11.7. The number of nitrogens with one attached hydrogen (secondary N) is 1. The maximum Gasteiger partial charge on any atom is 0.309 e. The first kappa shape index (κ1) is 15.4. The van der Waals surface area contributed by atoms with E-state index in [0.29, 0.717) is 17.3 Å². The summed E-state index contributed by atoms with van der Waals surface area (Å²) in [5, 5.41) is 11.1. The molecule has 1 rings (SSSR count). The molecule has 1 aromatic rings. The van der Waals surface area contributed by atoms with Gasteiger partial charge in [-0.25, -0.2) is 0 Å². The minimum Gasteiger partial charge on any atom is -0.469 e. The number of amides is 1. The lowest BCUT2D eigenvalue weighted by molar-refractivity contribution is -0.143. The molecule has 1 unspecified atom stereocenters. The van der Waals surface area contributed by atoms with E-state index in [0.717, 1.165) is 0 Å². The summed E-state index contributed by atoms with van der Waals surface area (Å²) >= 11 is 1.40. The van der Waals surface area contributed by atoms with E-state index in [1.165, 1.54) is 18.9 Å². The highest BCUT2D eigenvalue weighted by molar-refractivity contribution is 7.99. The van der Waals surface area contributed by atoms with Crippen LogP contribution in [0.5, 0.6) is 0 Å². The first-order valence-corrected chi connectivity index (χ1v) is 6.89. The van der Waals surface area contributed by atoms with Crippen molar-refractivity contribution in [2.75, 3.05) is 19.4 Å². The number of ether oxygens (including phenoxy) is 1. The lowest BCUT2D eigenvalue weighted by Crippen LogP contribution is -2.24. The molecule has 0 saturated carbocycles. The number of carbonyl (C=O) groups is 2. The van der Waals surface area contributed by atoms with Gasteiger partial charge in [0.1, 0.15) is 5.03 Å². The quantitative estimate of drug-likeness (QED) is 0.622. The molecule has 0 radical (unpaired) electrons. The molecule has 1 N–H and O–H groups in total. The van der Waals surface area contributed by atoms with E-state index in [9.17, 15) is 9.59 Å². The van der Waals surface area contributed by atoms with Gasteiger partial charge in [0.05, 0.1) is 13.0 Å². The standard InChI is InChI=1S/C12H17N3O3S/c1-4-13-11(16)9-5-6-10(15-14-9)19-7-8(2)12(17)18-3/h5-6,8H,4,7H2,1-3H3,(H,13,16). The smallest absolute Gasteiger partial charge is 0.309 e. The monoisotopic (exact) mass is 283 g/mol. The van der Waals surface area contributed by atoms with E-state index in [4.69, 9.17) is 0 Å². The van der Waals surface area contributed by atoms with Crippen molar-refractivity contribution in [3.8, 4) is 0 Å². The average Bonchev–Trinajstić information content (AvgIpc) is 2.44. The van der Waals surface area contributed by atoms with Crippen LogP contribution in [0.3, 0.4) is 0 Å². The van der Waals surface area contributed by atoms with Gasteiger partial charge in [-0.2, -0.15) is 0 Å². The largest absolute Gasteiger partial charge is 0.469 e. The number of nitrogens with zero attached hydrogens (tertiary/aromatic N) is 2. The van der Waals surface area contributed by atoms with Crippen molar-refractivity contribution in [3.63, 3.8) is 0 Å². The van der Waals surface area contributed by atoms with Gasteiger partial charge in [0.15, 0.2) is 5.69 Å². The summed E-state index contributed by atoms with van der Waals surface area (Å²) in [6.07, 6.45) is 0. The van der Waals surface area contributed by atoms with Gasteiger partial charge in [-0.05, 0) is 19.1 Å². The Hall–Kier alpha value is -1.63. The van der Waals surface area contributed by atoms with Crippen LogP contribution < -0.4 is 5.32 Å². The number of hydrogen-bond donors (Lipinski definition) is 1. The molecule has 1 aromatic heterocycles. The van der Waals surface area contributed by atoms with Gasteiger partial charge in [-0.3, -0.25) is 9.59 Å². The van der Waals surface area contributed by atoms with Crippen LogP contribution in [0.4, 0.5) is 0 Å². The summed E-state index contributed by atoms with van der Waals surface area (Å²) in [6.45, 7) is 4.17. The number of esters is 1. The Labute approximate surface area is 116 Å². The topological polar surface area (TPSA) is 81.2 Å². The summed E-state index contributed by atoms with van der Waals surface area (Å²) < 4.78 is 4.64. The zero-order valence-corrected chi connectivity index (χ0v) is 12.0. The Morgan fingerprint density at radius 1 is 1.42 bits per heavy atom. The molecule has 0 aliphatic heterocycles. The second-order valence-electron chi connectivity index (χ2n) is 3.85. The van der Waals surface area contributed by atoms with E-state index < -0.39 is 0 Å². The molecule has 1 atom stereocenters. The van der Waals surface area contributed by atoms with Gasteiger partial charge in [-0.1, -0.05) is 6.92 Å². The lowest BCUT2D eigenvalue weighted by Gasteiger charge is -2.07. The van der Waals surface area contributed by atoms with Crippen LogP contribution in [0.2, 0.25) is 0 Å². The fraction of sp³-hybridized carbons (Fsp3) is 0.500. The SMILES string of the molecule is CCNC(=O)c1ccc(SCC(C)C(=O)OC)nn1. The van der Waals surface area contributed by atoms with Gasteiger partial charge in [0, 0.05) is 12.3 Å². The molecule has 6 nitrogen and oxygen atoms in total. The highest BCUT2D eigenvalue weighted by atomic mass is 32.2. The zero-order chi connectivity index (χ0) is 14.3. The van der Waals surface area contributed by atoms with E-state index in [1.807, 2.05) is 6.92 Å². The van der Waals surface area contributed by atoms with Crippen molar-refractivity contribution in [2.45, 2.75) is 18.9 Å². The van der Waals surface area contributed by atoms with Crippen molar-refractivity contribution < 1.29 is 14.3 Å². The summed E-state index contributed by atoms with van der Waals surface area (Å²) in [6, 6.07) is 3.33. The number of thioether (sulfide) groups is 1. The first-order valence-electron chi connectivity index (χ1n) is 5.91. The van der Waals surface area contributed by atoms with Crippen molar-refractivity contribution >= 4 is 23.6 Å². The Bertz CT molecular complexity index is 436. The summed E-state index contributed by atoms with van der Waals surface area (Å²) in [7, 11) is 1.37. The molecule has 0 fully saturated rings. The highest BCUT2D eigenvalue weighted by Gasteiger charge is 2.14. The number of methoxy groups -OCH3 is 1. The minimum atomic E-state index is -0.251. The minimum absolute atomic E-state index is 0.208. The van der Waals surface area contributed by atoms with Gasteiger partial charge >= 0.3 is 5.97 Å². The highest BCUT2D eigenvalue weighted by Crippen LogP contribution is 2.18. The van der Waals surface area contributed by atoms with Crippen LogP contribution >= 0.6 is 11.8 Å². The maximum absolute atomic E-state index is 11.5. The molecule has 7 heteroatoms. The van der Waals surface area contributed by atoms with Crippen LogP contribution in [-0.2, 0) is 9.53 Å². The Morgan fingerprint density at radius 3 is 2.68 bits per heavy atom.